The van der Waals surface area contributed by atoms with Gasteiger partial charge in [0.15, 0.2) is 0 Å². The predicted molar refractivity (Wildman–Crippen MR) is 291 cm³/mol. The quantitative estimate of drug-likeness (QED) is 0.167. The van der Waals surface area contributed by atoms with Gasteiger partial charge < -0.3 is 9.47 Å². The predicted octanol–water partition coefficient (Wildman–Crippen LogP) is 18.0. The maximum atomic E-state index is 2.56. The van der Waals surface area contributed by atoms with Gasteiger partial charge in [-0.1, -0.05) is 175 Å². The lowest BCUT2D eigenvalue weighted by molar-refractivity contribution is 0.660. The highest BCUT2D eigenvalue weighted by molar-refractivity contribution is 6.14. The van der Waals surface area contributed by atoms with Crippen LogP contribution in [0.3, 0.4) is 0 Å². The fourth-order valence-corrected chi connectivity index (χ4v) is 12.9. The van der Waals surface area contributed by atoms with E-state index in [1.54, 1.807) is 0 Å². The standard InChI is InChI=1S/C67H52N2/c1-65(2)57-21-13-10-18-49(57)52-33-32-48(36-60(52)65)68(45-28-24-42(25-29-45)41-16-8-7-9-17-41)46-30-26-44-35-47(31-27-43(44)34-46)69-63-39-61-53(50-19-11-14-22-58(50)66(61,3)4)37-55(63)56-38-54-51-20-12-15-23-59(51)67(5,6)62(54)40-64(56)69/h7-40H,1-6H3. The van der Waals surface area contributed by atoms with E-state index in [0.717, 1.165) is 17.1 Å². The second kappa shape index (κ2) is 14.1. The maximum Gasteiger partial charge on any atom is 0.0544 e. The number of fused-ring (bicyclic) bond motifs is 13. The molecule has 0 spiro atoms. The van der Waals surface area contributed by atoms with Gasteiger partial charge in [0.1, 0.15) is 0 Å². The van der Waals surface area contributed by atoms with Crippen molar-refractivity contribution in [1.29, 1.82) is 0 Å². The zero-order valence-electron chi connectivity index (χ0n) is 40.0. The highest BCUT2D eigenvalue weighted by Gasteiger charge is 2.39. The van der Waals surface area contributed by atoms with Gasteiger partial charge in [0.25, 0.3) is 0 Å². The minimum atomic E-state index is -0.115. The van der Waals surface area contributed by atoms with Gasteiger partial charge in [-0.2, -0.15) is 0 Å². The first kappa shape index (κ1) is 40.2. The van der Waals surface area contributed by atoms with Crippen molar-refractivity contribution in [2.45, 2.75) is 57.8 Å². The van der Waals surface area contributed by atoms with Crippen molar-refractivity contribution in [3.8, 4) is 50.2 Å². The minimum absolute atomic E-state index is 0.114. The molecule has 0 radical (unpaired) electrons. The summed E-state index contributed by atoms with van der Waals surface area (Å²) in [5.41, 5.74) is 25.5. The van der Waals surface area contributed by atoms with Crippen LogP contribution in [0.4, 0.5) is 17.1 Å². The Balaban J connectivity index is 0.942. The molecule has 0 amide bonds. The molecule has 0 saturated heterocycles. The maximum absolute atomic E-state index is 2.56. The molecule has 3 aliphatic carbocycles. The Hall–Kier alpha value is -7.94. The van der Waals surface area contributed by atoms with Crippen LogP contribution in [0.1, 0.15) is 74.9 Å². The van der Waals surface area contributed by atoms with Crippen LogP contribution >= 0.6 is 0 Å². The molecular formula is C67H52N2. The van der Waals surface area contributed by atoms with Crippen LogP contribution in [0.25, 0.3) is 82.8 Å². The van der Waals surface area contributed by atoms with E-state index in [1.807, 2.05) is 0 Å². The van der Waals surface area contributed by atoms with Crippen molar-refractivity contribution in [2.24, 2.45) is 0 Å². The summed E-state index contributed by atoms with van der Waals surface area (Å²) in [4.78, 5) is 2.44. The van der Waals surface area contributed by atoms with Gasteiger partial charge >= 0.3 is 0 Å². The fraction of sp³-hybridized carbons (Fsp3) is 0.134. The van der Waals surface area contributed by atoms with Crippen LogP contribution in [-0.2, 0) is 16.2 Å². The minimum Gasteiger partial charge on any atom is -0.310 e. The zero-order chi connectivity index (χ0) is 46.6. The van der Waals surface area contributed by atoms with Gasteiger partial charge in [0.2, 0.25) is 0 Å². The second-order valence-electron chi connectivity index (χ2n) is 21.4. The van der Waals surface area contributed by atoms with Crippen molar-refractivity contribution in [1.82, 2.24) is 4.57 Å². The van der Waals surface area contributed by atoms with Crippen molar-refractivity contribution in [2.75, 3.05) is 4.90 Å². The molecule has 3 aliphatic rings. The molecule has 0 N–H and O–H groups in total. The van der Waals surface area contributed by atoms with E-state index in [2.05, 4.69) is 257 Å². The monoisotopic (exact) mass is 884 g/mol. The van der Waals surface area contributed by atoms with Crippen molar-refractivity contribution >= 4 is 49.6 Å². The van der Waals surface area contributed by atoms with Gasteiger partial charge in [-0.05, 0) is 161 Å². The van der Waals surface area contributed by atoms with Gasteiger partial charge in [-0.25, -0.2) is 0 Å². The summed E-state index contributed by atoms with van der Waals surface area (Å²) in [5.74, 6) is 0. The van der Waals surface area contributed by atoms with E-state index in [0.29, 0.717) is 0 Å². The first-order valence-corrected chi connectivity index (χ1v) is 24.6. The SMILES string of the molecule is CC1(C)c2ccccc2-c2ccc(N(c3ccc(-c4ccccc4)cc3)c3ccc4cc(-n5c6cc7c(cc6c6cc8c(cc65)C(C)(C)c5ccccc5-8)-c5ccccc5C7(C)C)ccc4c3)cc21. The van der Waals surface area contributed by atoms with Crippen LogP contribution in [0.2, 0.25) is 0 Å². The Bertz CT molecular complexity index is 3850. The van der Waals surface area contributed by atoms with Gasteiger partial charge in [0.05, 0.1) is 11.0 Å². The third-order valence-electron chi connectivity index (χ3n) is 16.6. The number of hydrogen-bond acceptors (Lipinski definition) is 1. The summed E-state index contributed by atoms with van der Waals surface area (Å²) < 4.78 is 2.56. The molecule has 1 heterocycles. The highest BCUT2D eigenvalue weighted by Crippen LogP contribution is 2.55. The Morgan fingerprint density at radius 3 is 1.30 bits per heavy atom. The van der Waals surface area contributed by atoms with E-state index in [1.165, 1.54) is 116 Å². The molecular weight excluding hydrogens is 833 g/mol. The van der Waals surface area contributed by atoms with Crippen LogP contribution < -0.4 is 4.90 Å². The molecule has 0 aliphatic heterocycles. The number of benzene rings is 10. The van der Waals surface area contributed by atoms with Crippen molar-refractivity contribution in [3.05, 3.63) is 240 Å². The molecule has 2 heteroatoms. The molecule has 0 unspecified atom stereocenters. The van der Waals surface area contributed by atoms with Crippen LogP contribution in [0, 0.1) is 0 Å². The smallest absolute Gasteiger partial charge is 0.0544 e. The first-order chi connectivity index (χ1) is 33.5. The molecule has 2 nitrogen and oxygen atoms in total. The molecule has 330 valence electrons. The lowest BCUT2D eigenvalue weighted by Gasteiger charge is -2.28. The highest BCUT2D eigenvalue weighted by atomic mass is 15.1. The van der Waals surface area contributed by atoms with Crippen molar-refractivity contribution in [3.63, 3.8) is 0 Å². The summed E-state index contributed by atoms with van der Waals surface area (Å²) in [6.07, 6.45) is 0. The summed E-state index contributed by atoms with van der Waals surface area (Å²) in [6, 6.07) is 77.9. The lowest BCUT2D eigenvalue weighted by atomic mass is 9.82. The summed E-state index contributed by atoms with van der Waals surface area (Å²) in [5, 5.41) is 5.00. The topological polar surface area (TPSA) is 8.17 Å². The van der Waals surface area contributed by atoms with Crippen LogP contribution in [0.5, 0.6) is 0 Å². The molecule has 69 heavy (non-hydrogen) atoms. The Kier molecular flexibility index (Phi) is 8.18. The van der Waals surface area contributed by atoms with E-state index in [-0.39, 0.29) is 16.2 Å². The summed E-state index contributed by atoms with van der Waals surface area (Å²) >= 11 is 0. The molecule has 11 aromatic rings. The van der Waals surface area contributed by atoms with E-state index < -0.39 is 0 Å². The summed E-state index contributed by atoms with van der Waals surface area (Å²) in [6.45, 7) is 14.3. The molecule has 0 fully saturated rings. The second-order valence-corrected chi connectivity index (χ2v) is 21.4. The molecule has 14 rings (SSSR count). The molecule has 0 bridgehead atoms. The lowest BCUT2D eigenvalue weighted by Crippen LogP contribution is -2.16. The average Bonchev–Trinajstić information content (AvgIpc) is 3.98. The molecule has 0 saturated carbocycles. The van der Waals surface area contributed by atoms with Gasteiger partial charge in [-0.15, -0.1) is 0 Å². The largest absolute Gasteiger partial charge is 0.310 e. The first-order valence-electron chi connectivity index (χ1n) is 24.6. The van der Waals surface area contributed by atoms with Crippen LogP contribution in [-0.4, -0.2) is 4.57 Å². The van der Waals surface area contributed by atoms with Gasteiger partial charge in [-0.3, -0.25) is 0 Å². The van der Waals surface area contributed by atoms with Crippen molar-refractivity contribution < 1.29 is 0 Å². The van der Waals surface area contributed by atoms with E-state index in [4.69, 9.17) is 0 Å². The Labute approximate surface area is 404 Å². The fourth-order valence-electron chi connectivity index (χ4n) is 12.9. The number of rotatable bonds is 5. The Morgan fingerprint density at radius 2 is 0.725 bits per heavy atom. The van der Waals surface area contributed by atoms with Crippen LogP contribution in [0.15, 0.2) is 206 Å². The summed E-state index contributed by atoms with van der Waals surface area (Å²) in [7, 11) is 0. The third kappa shape index (κ3) is 5.60. The van der Waals surface area contributed by atoms with Gasteiger partial charge in [0, 0.05) is 49.8 Å². The normalized spacial score (nSPS) is 15.2. The number of nitrogens with zero attached hydrogens (tertiary/aromatic N) is 2. The van der Waals surface area contributed by atoms with E-state index >= 15 is 0 Å². The number of aromatic nitrogens is 1. The molecule has 0 atom stereocenters. The molecule has 10 aromatic carbocycles. The third-order valence-corrected chi connectivity index (χ3v) is 16.6. The van der Waals surface area contributed by atoms with E-state index in [9.17, 15) is 0 Å². The number of anilines is 3. The zero-order valence-corrected chi connectivity index (χ0v) is 40.0. The Morgan fingerprint density at radius 1 is 0.304 bits per heavy atom. The average molecular weight is 885 g/mol. The molecule has 1 aromatic heterocycles. The number of hydrogen-bond donors (Lipinski definition) is 0.